The van der Waals surface area contributed by atoms with Crippen LogP contribution in [0.2, 0.25) is 0 Å². The van der Waals surface area contributed by atoms with Gasteiger partial charge in [-0.15, -0.1) is 0 Å². The van der Waals surface area contributed by atoms with Crippen molar-refractivity contribution in [3.63, 3.8) is 0 Å². The molecule has 0 fully saturated rings. The summed E-state index contributed by atoms with van der Waals surface area (Å²) < 4.78 is 5.59. The predicted molar refractivity (Wildman–Crippen MR) is 80.0 cm³/mol. The lowest BCUT2D eigenvalue weighted by Crippen LogP contribution is -2.21. The van der Waals surface area contributed by atoms with Gasteiger partial charge in [-0.3, -0.25) is 10.8 Å². The van der Waals surface area contributed by atoms with E-state index in [1.165, 1.54) is 0 Å². The average Bonchev–Trinajstić information content (AvgIpc) is 2.79. The Hall–Kier alpha value is -3.14. The van der Waals surface area contributed by atoms with Crippen LogP contribution in [0.3, 0.4) is 0 Å². The van der Waals surface area contributed by atoms with Gasteiger partial charge in [0.25, 0.3) is 0 Å². The van der Waals surface area contributed by atoms with Crippen molar-refractivity contribution in [1.29, 1.82) is 10.7 Å². The number of oxazole rings is 1. The van der Waals surface area contributed by atoms with Crippen molar-refractivity contribution < 1.29 is 4.42 Å². The third-order valence-corrected chi connectivity index (χ3v) is 2.84. The molecule has 0 aliphatic rings. The van der Waals surface area contributed by atoms with Gasteiger partial charge >= 0.3 is 0 Å². The Bertz CT molecular complexity index is 734. The number of anilines is 1. The summed E-state index contributed by atoms with van der Waals surface area (Å²) in [4.78, 5) is 4.34. The number of rotatable bonds is 4. The number of para-hydroxylation sites is 1. The Morgan fingerprint density at radius 1 is 1.43 bits per heavy atom. The Balaban J connectivity index is 2.38. The van der Waals surface area contributed by atoms with E-state index < -0.39 is 5.84 Å². The Morgan fingerprint density at radius 2 is 2.14 bits per heavy atom. The van der Waals surface area contributed by atoms with Crippen LogP contribution in [0.25, 0.3) is 11.5 Å². The largest absolute Gasteiger partial charge is 0.441 e. The van der Waals surface area contributed by atoms with Gasteiger partial charge in [-0.2, -0.15) is 10.4 Å². The molecular weight excluding hydrogens is 268 g/mol. The minimum atomic E-state index is -0.398. The first-order valence-electron chi connectivity index (χ1n) is 6.14. The summed E-state index contributed by atoms with van der Waals surface area (Å²) in [6.07, 6.45) is 0. The molecule has 1 aromatic heterocycles. The summed E-state index contributed by atoms with van der Waals surface area (Å²) in [5, 5.41) is 19.9. The normalized spacial score (nSPS) is 11.0. The van der Waals surface area contributed by atoms with Crippen molar-refractivity contribution in [2.75, 3.05) is 5.43 Å². The van der Waals surface area contributed by atoms with Crippen molar-refractivity contribution in [2.24, 2.45) is 10.8 Å². The van der Waals surface area contributed by atoms with E-state index in [4.69, 9.17) is 20.8 Å². The standard InChI is InChI=1S/C14H14N6O/c1-8-9(2)21-14(18-8)10-5-3-4-6-11(10)19-20-12(7-15)13(16)17/h3-6,19H,1-2H3,(H3,16,17)/b20-12+. The number of hydrazone groups is 1. The number of aromatic nitrogens is 1. The van der Waals surface area contributed by atoms with E-state index >= 15 is 0 Å². The van der Waals surface area contributed by atoms with E-state index in [0.717, 1.165) is 11.5 Å². The molecule has 21 heavy (non-hydrogen) atoms. The fourth-order valence-corrected chi connectivity index (χ4v) is 1.62. The van der Waals surface area contributed by atoms with Gasteiger partial charge in [0.05, 0.1) is 16.9 Å². The second kappa shape index (κ2) is 5.88. The topological polar surface area (TPSA) is 124 Å². The maximum absolute atomic E-state index is 8.83. The van der Waals surface area contributed by atoms with Crippen molar-refractivity contribution in [3.05, 3.63) is 35.7 Å². The summed E-state index contributed by atoms with van der Waals surface area (Å²) in [6, 6.07) is 8.98. The smallest absolute Gasteiger partial charge is 0.228 e. The number of benzene rings is 1. The van der Waals surface area contributed by atoms with Crippen molar-refractivity contribution in [1.82, 2.24) is 4.98 Å². The van der Waals surface area contributed by atoms with Crippen LogP contribution in [-0.2, 0) is 0 Å². The molecule has 2 rings (SSSR count). The highest BCUT2D eigenvalue weighted by atomic mass is 16.4. The lowest BCUT2D eigenvalue weighted by molar-refractivity contribution is 0.541. The van der Waals surface area contributed by atoms with Crippen molar-refractivity contribution in [2.45, 2.75) is 13.8 Å². The van der Waals surface area contributed by atoms with Crippen LogP contribution in [0.4, 0.5) is 5.69 Å². The Morgan fingerprint density at radius 3 is 2.71 bits per heavy atom. The van der Waals surface area contributed by atoms with Crippen LogP contribution in [0.1, 0.15) is 11.5 Å². The molecule has 0 aliphatic carbocycles. The number of aryl methyl sites for hydroxylation is 2. The summed E-state index contributed by atoms with van der Waals surface area (Å²) >= 11 is 0. The fourth-order valence-electron chi connectivity index (χ4n) is 1.62. The molecule has 0 unspecified atom stereocenters. The maximum atomic E-state index is 8.83. The molecule has 7 heteroatoms. The van der Waals surface area contributed by atoms with Gasteiger partial charge in [0, 0.05) is 0 Å². The highest BCUT2D eigenvalue weighted by Crippen LogP contribution is 2.28. The highest BCUT2D eigenvalue weighted by Gasteiger charge is 2.12. The number of amidine groups is 1. The van der Waals surface area contributed by atoms with Gasteiger partial charge in [-0.1, -0.05) is 12.1 Å². The lowest BCUT2D eigenvalue weighted by Gasteiger charge is -2.05. The number of nitrogens with one attached hydrogen (secondary N) is 2. The minimum absolute atomic E-state index is 0.190. The molecule has 7 nitrogen and oxygen atoms in total. The molecule has 0 spiro atoms. The monoisotopic (exact) mass is 282 g/mol. The highest BCUT2D eigenvalue weighted by molar-refractivity contribution is 6.45. The third-order valence-electron chi connectivity index (χ3n) is 2.84. The second-order valence-electron chi connectivity index (χ2n) is 4.30. The van der Waals surface area contributed by atoms with Gasteiger partial charge < -0.3 is 10.2 Å². The molecule has 2 aromatic rings. The van der Waals surface area contributed by atoms with E-state index in [1.807, 2.05) is 32.0 Å². The quantitative estimate of drug-likeness (QED) is 0.450. The molecule has 0 saturated carbocycles. The van der Waals surface area contributed by atoms with Gasteiger partial charge in [0.2, 0.25) is 11.6 Å². The van der Waals surface area contributed by atoms with Crippen LogP contribution in [0, 0.1) is 30.6 Å². The van der Waals surface area contributed by atoms with Gasteiger partial charge in [-0.05, 0) is 26.0 Å². The van der Waals surface area contributed by atoms with Crippen molar-refractivity contribution >= 4 is 17.2 Å². The van der Waals surface area contributed by atoms with Gasteiger partial charge in [-0.25, -0.2) is 4.98 Å². The van der Waals surface area contributed by atoms with E-state index in [1.54, 1.807) is 12.1 Å². The van der Waals surface area contributed by atoms with Crippen molar-refractivity contribution in [3.8, 4) is 17.5 Å². The van der Waals surface area contributed by atoms with E-state index in [0.29, 0.717) is 17.1 Å². The second-order valence-corrected chi connectivity index (χ2v) is 4.30. The molecule has 0 saturated heterocycles. The first-order valence-corrected chi connectivity index (χ1v) is 6.14. The fraction of sp³-hybridized carbons (Fsp3) is 0.143. The van der Waals surface area contributed by atoms with Crippen LogP contribution < -0.4 is 11.2 Å². The summed E-state index contributed by atoms with van der Waals surface area (Å²) in [6.45, 7) is 3.70. The van der Waals surface area contributed by atoms with Gasteiger partial charge in [0.15, 0.2) is 5.84 Å². The number of nitrogens with two attached hydrogens (primary N) is 1. The first kappa shape index (κ1) is 14.3. The molecular formula is C14H14N6O. The molecule has 0 aliphatic heterocycles. The first-order chi connectivity index (χ1) is 10.0. The molecule has 0 amide bonds. The number of nitriles is 1. The zero-order valence-corrected chi connectivity index (χ0v) is 11.6. The lowest BCUT2D eigenvalue weighted by atomic mass is 10.2. The van der Waals surface area contributed by atoms with Crippen LogP contribution in [0.5, 0.6) is 0 Å². The predicted octanol–water partition coefficient (Wildman–Crippen LogP) is 2.19. The van der Waals surface area contributed by atoms with E-state index in [-0.39, 0.29) is 5.71 Å². The minimum Gasteiger partial charge on any atom is -0.441 e. The molecule has 0 atom stereocenters. The summed E-state index contributed by atoms with van der Waals surface area (Å²) in [5.41, 5.74) is 9.89. The molecule has 106 valence electrons. The summed E-state index contributed by atoms with van der Waals surface area (Å²) in [7, 11) is 0. The maximum Gasteiger partial charge on any atom is 0.228 e. The SMILES string of the molecule is Cc1nc(-c2ccccc2N/N=C(\C#N)C(=N)N)oc1C. The zero-order valence-electron chi connectivity index (χ0n) is 11.6. The molecule has 1 aromatic carbocycles. The molecule has 4 N–H and O–H groups in total. The molecule has 0 bridgehead atoms. The number of nitrogens with zero attached hydrogens (tertiary/aromatic N) is 3. The van der Waals surface area contributed by atoms with E-state index in [9.17, 15) is 0 Å². The number of hydrogen-bond acceptors (Lipinski definition) is 6. The van der Waals surface area contributed by atoms with Crippen LogP contribution in [0.15, 0.2) is 33.8 Å². The number of hydrogen-bond donors (Lipinski definition) is 3. The molecule has 1 heterocycles. The Labute approximate surface area is 121 Å². The van der Waals surface area contributed by atoms with Crippen LogP contribution in [-0.4, -0.2) is 16.5 Å². The zero-order chi connectivity index (χ0) is 15.4. The average molecular weight is 282 g/mol. The van der Waals surface area contributed by atoms with E-state index in [2.05, 4.69) is 15.5 Å². The van der Waals surface area contributed by atoms with Gasteiger partial charge in [0.1, 0.15) is 11.8 Å². The van der Waals surface area contributed by atoms with Crippen LogP contribution >= 0.6 is 0 Å². The third kappa shape index (κ3) is 3.06. The Kier molecular flexibility index (Phi) is 4.00. The summed E-state index contributed by atoms with van der Waals surface area (Å²) in [5.74, 6) is 0.805. The molecule has 0 radical (unpaired) electrons.